The van der Waals surface area contributed by atoms with Gasteiger partial charge in [-0.1, -0.05) is 36.4 Å². The monoisotopic (exact) mass is 481 g/mol. The molecule has 1 saturated heterocycles. The summed E-state index contributed by atoms with van der Waals surface area (Å²) in [4.78, 5) is 3.81. The largest absolute Gasteiger partial charge is 0.372 e. The summed E-state index contributed by atoms with van der Waals surface area (Å²) in [5, 5.41) is 12.4. The van der Waals surface area contributed by atoms with Crippen molar-refractivity contribution in [2.45, 2.75) is 55.9 Å². The zero-order valence-corrected chi connectivity index (χ0v) is 20.6. The Labute approximate surface area is 208 Å². The van der Waals surface area contributed by atoms with Crippen molar-refractivity contribution >= 4 is 43.6 Å². The van der Waals surface area contributed by atoms with Gasteiger partial charge in [0.05, 0.1) is 22.7 Å². The standard InChI is InChI=1S/C29H31N5O2/c1-31-22-12-24(36-23-11-21(30)29(22,23)35-2)34-20-10-6-4-8-16(20)26-18-14-32-13-17(18)25-15-7-3-5-9-19(15)33-27(25)28(26)34/h3-10,21-24,31-33H,11-14,30H2,1-2H3/t21?,22-,23-,24-,29-/m1/s1. The van der Waals surface area contributed by atoms with Gasteiger partial charge in [0.15, 0.2) is 0 Å². The van der Waals surface area contributed by atoms with Gasteiger partial charge in [-0.3, -0.25) is 0 Å². The summed E-state index contributed by atoms with van der Waals surface area (Å²) in [5.74, 6) is 0. The second-order valence-corrected chi connectivity index (χ2v) is 10.6. The van der Waals surface area contributed by atoms with Crippen LogP contribution in [0.25, 0.3) is 43.6 Å². The van der Waals surface area contributed by atoms with Gasteiger partial charge in [0, 0.05) is 65.8 Å². The zero-order chi connectivity index (χ0) is 24.2. The minimum absolute atomic E-state index is 0.0289. The number of likely N-dealkylation sites (N-methyl/N-ethyl adjacent to an activating group) is 1. The van der Waals surface area contributed by atoms with Crippen LogP contribution < -0.4 is 16.4 Å². The Balaban J connectivity index is 1.46. The van der Waals surface area contributed by atoms with Crippen LogP contribution in [0, 0.1) is 0 Å². The molecule has 5 atom stereocenters. The van der Waals surface area contributed by atoms with Crippen molar-refractivity contribution < 1.29 is 9.47 Å². The molecular weight excluding hydrogens is 450 g/mol. The van der Waals surface area contributed by atoms with E-state index in [1.54, 1.807) is 7.11 Å². The lowest BCUT2D eigenvalue weighted by Gasteiger charge is -2.60. The van der Waals surface area contributed by atoms with Gasteiger partial charge >= 0.3 is 0 Å². The average molecular weight is 482 g/mol. The van der Waals surface area contributed by atoms with Crippen molar-refractivity contribution in [1.29, 1.82) is 0 Å². The fraction of sp³-hybridized carbons (Fsp3) is 0.379. The van der Waals surface area contributed by atoms with Crippen LogP contribution in [0.5, 0.6) is 0 Å². The number of hydrogen-bond acceptors (Lipinski definition) is 5. The van der Waals surface area contributed by atoms with E-state index in [-0.39, 0.29) is 24.4 Å². The molecule has 2 aliphatic heterocycles. The molecule has 5 aromatic rings. The number of nitrogens with two attached hydrogens (primary N) is 1. The molecule has 0 amide bonds. The highest BCUT2D eigenvalue weighted by molar-refractivity contribution is 6.24. The van der Waals surface area contributed by atoms with Crippen molar-refractivity contribution in [3.05, 3.63) is 59.7 Å². The van der Waals surface area contributed by atoms with E-state index in [1.165, 1.54) is 54.7 Å². The summed E-state index contributed by atoms with van der Waals surface area (Å²) in [6, 6.07) is 17.5. The molecule has 0 bridgehead atoms. The molecule has 0 spiro atoms. The van der Waals surface area contributed by atoms with Gasteiger partial charge in [-0.25, -0.2) is 0 Å². The molecule has 36 heavy (non-hydrogen) atoms. The van der Waals surface area contributed by atoms with Gasteiger partial charge in [-0.2, -0.15) is 0 Å². The number of aromatic amines is 1. The van der Waals surface area contributed by atoms with Crippen LogP contribution in [0.15, 0.2) is 48.5 Å². The number of methoxy groups -OCH3 is 1. The van der Waals surface area contributed by atoms with Crippen LogP contribution in [0.1, 0.15) is 30.2 Å². The average Bonchev–Trinajstić information content (AvgIpc) is 3.60. The maximum Gasteiger partial charge on any atom is 0.136 e. The lowest BCUT2D eigenvalue weighted by atomic mass is 9.65. The molecule has 2 fully saturated rings. The van der Waals surface area contributed by atoms with Crippen molar-refractivity contribution in [3.8, 4) is 0 Å². The third-order valence-corrected chi connectivity index (χ3v) is 9.27. The number of hydrogen-bond donors (Lipinski definition) is 4. The molecule has 1 saturated carbocycles. The first-order valence-electron chi connectivity index (χ1n) is 13.0. The summed E-state index contributed by atoms with van der Waals surface area (Å²) < 4.78 is 15.4. The van der Waals surface area contributed by atoms with Crippen molar-refractivity contribution in [3.63, 3.8) is 0 Å². The summed E-state index contributed by atoms with van der Waals surface area (Å²) in [5.41, 5.74) is 13.7. The minimum Gasteiger partial charge on any atom is -0.372 e. The van der Waals surface area contributed by atoms with Gasteiger partial charge in [-0.05, 0) is 36.7 Å². The van der Waals surface area contributed by atoms with E-state index in [0.29, 0.717) is 0 Å². The lowest BCUT2D eigenvalue weighted by Crippen LogP contribution is -2.78. The molecule has 184 valence electrons. The van der Waals surface area contributed by atoms with E-state index < -0.39 is 5.60 Å². The van der Waals surface area contributed by atoms with Crippen molar-refractivity contribution in [2.24, 2.45) is 5.73 Å². The molecular formula is C29H31N5O2. The van der Waals surface area contributed by atoms with E-state index >= 15 is 0 Å². The maximum absolute atomic E-state index is 6.87. The highest BCUT2D eigenvalue weighted by Gasteiger charge is 2.63. The Kier molecular flexibility index (Phi) is 4.30. The molecule has 3 aromatic carbocycles. The van der Waals surface area contributed by atoms with Gasteiger partial charge < -0.3 is 35.4 Å². The first-order valence-corrected chi connectivity index (χ1v) is 13.0. The topological polar surface area (TPSA) is 89.3 Å². The first-order chi connectivity index (χ1) is 17.7. The molecule has 7 nitrogen and oxygen atoms in total. The quantitative estimate of drug-likeness (QED) is 0.313. The number of H-pyrrole nitrogens is 1. The predicted molar refractivity (Wildman–Crippen MR) is 143 cm³/mol. The highest BCUT2D eigenvalue weighted by atomic mass is 16.6. The van der Waals surface area contributed by atoms with Gasteiger partial charge in [0.2, 0.25) is 0 Å². The fourth-order valence-corrected chi connectivity index (χ4v) is 7.64. The number of benzene rings is 3. The third-order valence-electron chi connectivity index (χ3n) is 9.27. The van der Waals surface area contributed by atoms with Crippen LogP contribution >= 0.6 is 0 Å². The van der Waals surface area contributed by atoms with Gasteiger partial charge in [0.25, 0.3) is 0 Å². The summed E-state index contributed by atoms with van der Waals surface area (Å²) in [7, 11) is 3.78. The minimum atomic E-state index is -0.481. The molecule has 8 rings (SSSR count). The Bertz CT molecular complexity index is 1690. The van der Waals surface area contributed by atoms with Gasteiger partial charge in [-0.15, -0.1) is 0 Å². The fourth-order valence-electron chi connectivity index (χ4n) is 7.64. The van der Waals surface area contributed by atoms with Crippen LogP contribution in [-0.2, 0) is 22.6 Å². The Hall–Kier alpha value is -2.94. The molecule has 0 radical (unpaired) electrons. The Morgan fingerprint density at radius 2 is 1.78 bits per heavy atom. The zero-order valence-electron chi connectivity index (χ0n) is 20.6. The maximum atomic E-state index is 6.87. The smallest absolute Gasteiger partial charge is 0.136 e. The summed E-state index contributed by atoms with van der Waals surface area (Å²) in [6.07, 6.45) is 1.41. The van der Waals surface area contributed by atoms with Crippen molar-refractivity contribution in [2.75, 3.05) is 14.2 Å². The molecule has 2 aromatic heterocycles. The van der Waals surface area contributed by atoms with Crippen molar-refractivity contribution in [1.82, 2.24) is 20.2 Å². The third kappa shape index (κ3) is 2.40. The first kappa shape index (κ1) is 21.2. The Morgan fingerprint density at radius 3 is 2.56 bits per heavy atom. The molecule has 1 unspecified atom stereocenters. The molecule has 7 heteroatoms. The highest BCUT2D eigenvalue weighted by Crippen LogP contribution is 2.51. The van der Waals surface area contributed by atoms with E-state index in [2.05, 4.69) is 68.7 Å². The SMILES string of the molecule is CN[C@@H]1C[C@H](n2c3ccccc3c3c4c(c5c6ccccc6[nH]c5c32)CNC4)O[C@@H]2CC(N)[C@@]12OC. The number of para-hydroxylation sites is 2. The number of rotatable bonds is 3. The summed E-state index contributed by atoms with van der Waals surface area (Å²) in [6.45, 7) is 1.77. The molecule has 1 aliphatic carbocycles. The van der Waals surface area contributed by atoms with Crippen LogP contribution in [0.2, 0.25) is 0 Å². The van der Waals surface area contributed by atoms with E-state index in [0.717, 1.165) is 25.9 Å². The van der Waals surface area contributed by atoms with Crippen LogP contribution in [0.4, 0.5) is 0 Å². The lowest BCUT2D eigenvalue weighted by molar-refractivity contribution is -0.275. The second kappa shape index (κ2) is 7.31. The number of ether oxygens (including phenoxy) is 2. The molecule has 3 aliphatic rings. The van der Waals surface area contributed by atoms with E-state index in [1.807, 2.05) is 7.05 Å². The summed E-state index contributed by atoms with van der Waals surface area (Å²) >= 11 is 0. The Morgan fingerprint density at radius 1 is 1.03 bits per heavy atom. The van der Waals surface area contributed by atoms with Crippen LogP contribution in [0.3, 0.4) is 0 Å². The number of aromatic nitrogens is 2. The van der Waals surface area contributed by atoms with Gasteiger partial charge in [0.1, 0.15) is 11.8 Å². The predicted octanol–water partition coefficient (Wildman–Crippen LogP) is 4.02. The number of nitrogens with zero attached hydrogens (tertiary/aromatic N) is 1. The molecule has 4 heterocycles. The van der Waals surface area contributed by atoms with E-state index in [4.69, 9.17) is 15.2 Å². The number of fused-ring (bicyclic) bond motifs is 11. The number of nitrogens with one attached hydrogen (secondary N) is 3. The second-order valence-electron chi connectivity index (χ2n) is 10.6. The van der Waals surface area contributed by atoms with E-state index in [9.17, 15) is 0 Å². The normalized spacial score (nSPS) is 29.8. The molecule has 5 N–H and O–H groups in total. The van der Waals surface area contributed by atoms with Crippen LogP contribution in [-0.4, -0.2) is 47.5 Å².